The van der Waals surface area contributed by atoms with Gasteiger partial charge in [0, 0.05) is 6.54 Å². The Morgan fingerprint density at radius 2 is 1.81 bits per heavy atom. The Kier molecular flexibility index (Phi) is 4.42. The van der Waals surface area contributed by atoms with Gasteiger partial charge in [0.15, 0.2) is 0 Å². The van der Waals surface area contributed by atoms with Crippen LogP contribution in [0.2, 0.25) is 0 Å². The molecule has 0 radical (unpaired) electrons. The van der Waals surface area contributed by atoms with Crippen molar-refractivity contribution >= 4 is 0 Å². The normalized spacial score (nSPS) is 12.1. The molecule has 0 bridgehead atoms. The van der Waals surface area contributed by atoms with Crippen LogP contribution in [-0.2, 0) is 12.0 Å². The predicted molar refractivity (Wildman–Crippen MR) is 62.9 cm³/mol. The fourth-order valence-corrected chi connectivity index (χ4v) is 1.72. The minimum atomic E-state index is -2.29. The standard InChI is InChI=1S/C13H19F2N/c1-13(2,3)11-7-5-4-6-10(11)8-16-9-12(14)15/h4-7,12,16H,8-9H2,1-3H3. The van der Waals surface area contributed by atoms with Gasteiger partial charge in [-0.2, -0.15) is 0 Å². The SMILES string of the molecule is CC(C)(C)c1ccccc1CNCC(F)F. The molecule has 0 spiro atoms. The molecule has 0 saturated carbocycles. The molecule has 1 rings (SSSR count). The maximum Gasteiger partial charge on any atom is 0.250 e. The van der Waals surface area contributed by atoms with Crippen molar-refractivity contribution in [2.45, 2.75) is 39.2 Å². The van der Waals surface area contributed by atoms with E-state index in [1.54, 1.807) is 0 Å². The zero-order chi connectivity index (χ0) is 12.2. The van der Waals surface area contributed by atoms with Crippen LogP contribution in [0.3, 0.4) is 0 Å². The summed E-state index contributed by atoms with van der Waals surface area (Å²) in [6.07, 6.45) is -2.29. The van der Waals surface area contributed by atoms with Gasteiger partial charge in [-0.05, 0) is 16.5 Å². The maximum atomic E-state index is 12.0. The molecular formula is C13H19F2N. The molecule has 90 valence electrons. The number of benzene rings is 1. The van der Waals surface area contributed by atoms with E-state index in [1.807, 2.05) is 18.2 Å². The van der Waals surface area contributed by atoms with Crippen molar-refractivity contribution < 1.29 is 8.78 Å². The fraction of sp³-hybridized carbons (Fsp3) is 0.538. The number of hydrogen-bond donors (Lipinski definition) is 1. The van der Waals surface area contributed by atoms with Gasteiger partial charge in [0.1, 0.15) is 0 Å². The molecule has 0 heterocycles. The zero-order valence-electron chi connectivity index (χ0n) is 10.1. The van der Waals surface area contributed by atoms with Crippen molar-refractivity contribution in [1.29, 1.82) is 0 Å². The smallest absolute Gasteiger partial charge is 0.250 e. The van der Waals surface area contributed by atoms with Crippen LogP contribution >= 0.6 is 0 Å². The molecule has 1 aromatic rings. The van der Waals surface area contributed by atoms with Crippen molar-refractivity contribution in [3.8, 4) is 0 Å². The lowest BCUT2D eigenvalue weighted by Gasteiger charge is -2.23. The number of halogens is 2. The predicted octanol–water partition coefficient (Wildman–Crippen LogP) is 3.34. The molecular weight excluding hydrogens is 208 g/mol. The number of alkyl halides is 2. The molecule has 0 fully saturated rings. The fourth-order valence-electron chi connectivity index (χ4n) is 1.72. The first-order valence-electron chi connectivity index (χ1n) is 5.48. The van der Waals surface area contributed by atoms with Crippen LogP contribution in [0.4, 0.5) is 8.78 Å². The molecule has 0 aliphatic heterocycles. The summed E-state index contributed by atoms with van der Waals surface area (Å²) in [5.74, 6) is 0. The third kappa shape index (κ3) is 3.89. The van der Waals surface area contributed by atoms with E-state index in [9.17, 15) is 8.78 Å². The highest BCUT2D eigenvalue weighted by Crippen LogP contribution is 2.25. The Morgan fingerprint density at radius 1 is 1.19 bits per heavy atom. The van der Waals surface area contributed by atoms with Crippen molar-refractivity contribution in [2.24, 2.45) is 0 Å². The summed E-state index contributed by atoms with van der Waals surface area (Å²) in [6.45, 7) is 6.62. The van der Waals surface area contributed by atoms with Gasteiger partial charge in [0.2, 0.25) is 0 Å². The third-order valence-electron chi connectivity index (χ3n) is 2.44. The molecule has 0 amide bonds. The topological polar surface area (TPSA) is 12.0 Å². The Bertz CT molecular complexity index is 329. The highest BCUT2D eigenvalue weighted by Gasteiger charge is 2.16. The molecule has 1 aromatic carbocycles. The first-order chi connectivity index (χ1) is 7.41. The van der Waals surface area contributed by atoms with Crippen LogP contribution in [0.5, 0.6) is 0 Å². The average molecular weight is 227 g/mol. The van der Waals surface area contributed by atoms with Gasteiger partial charge in [-0.1, -0.05) is 45.0 Å². The highest BCUT2D eigenvalue weighted by molar-refractivity contribution is 5.32. The first kappa shape index (κ1) is 13.1. The van der Waals surface area contributed by atoms with Crippen LogP contribution in [0.1, 0.15) is 31.9 Å². The lowest BCUT2D eigenvalue weighted by atomic mass is 9.84. The molecule has 0 saturated heterocycles. The summed E-state index contributed by atoms with van der Waals surface area (Å²) in [5.41, 5.74) is 2.34. The summed E-state index contributed by atoms with van der Waals surface area (Å²) in [5, 5.41) is 2.76. The van der Waals surface area contributed by atoms with Gasteiger partial charge in [-0.15, -0.1) is 0 Å². The second-order valence-electron chi connectivity index (χ2n) is 4.93. The Morgan fingerprint density at radius 3 is 2.38 bits per heavy atom. The van der Waals surface area contributed by atoms with Gasteiger partial charge in [0.25, 0.3) is 6.43 Å². The summed E-state index contributed by atoms with van der Waals surface area (Å²) >= 11 is 0. The van der Waals surface area contributed by atoms with Gasteiger partial charge >= 0.3 is 0 Å². The van der Waals surface area contributed by atoms with E-state index in [4.69, 9.17) is 0 Å². The zero-order valence-corrected chi connectivity index (χ0v) is 10.1. The van der Waals surface area contributed by atoms with E-state index < -0.39 is 6.43 Å². The van der Waals surface area contributed by atoms with E-state index in [-0.39, 0.29) is 12.0 Å². The van der Waals surface area contributed by atoms with E-state index in [0.717, 1.165) is 5.56 Å². The summed E-state index contributed by atoms with van der Waals surface area (Å²) in [4.78, 5) is 0. The van der Waals surface area contributed by atoms with Crippen molar-refractivity contribution in [2.75, 3.05) is 6.54 Å². The second kappa shape index (κ2) is 5.39. The molecule has 0 atom stereocenters. The maximum absolute atomic E-state index is 12.0. The van der Waals surface area contributed by atoms with Crippen LogP contribution in [0.15, 0.2) is 24.3 Å². The van der Waals surface area contributed by atoms with Crippen LogP contribution in [0.25, 0.3) is 0 Å². The lowest BCUT2D eigenvalue weighted by Crippen LogP contribution is -2.23. The number of nitrogens with one attached hydrogen (secondary N) is 1. The third-order valence-corrected chi connectivity index (χ3v) is 2.44. The summed E-state index contributed by atoms with van der Waals surface area (Å²) < 4.78 is 24.0. The first-order valence-corrected chi connectivity index (χ1v) is 5.48. The minimum Gasteiger partial charge on any atom is -0.307 e. The average Bonchev–Trinajstić information content (AvgIpc) is 2.16. The van der Waals surface area contributed by atoms with Crippen molar-refractivity contribution in [1.82, 2.24) is 5.32 Å². The van der Waals surface area contributed by atoms with Crippen LogP contribution in [0, 0.1) is 0 Å². The van der Waals surface area contributed by atoms with E-state index in [1.165, 1.54) is 5.56 Å². The molecule has 0 aliphatic carbocycles. The van der Waals surface area contributed by atoms with Crippen molar-refractivity contribution in [3.63, 3.8) is 0 Å². The number of hydrogen-bond acceptors (Lipinski definition) is 1. The van der Waals surface area contributed by atoms with Gasteiger partial charge in [-0.3, -0.25) is 0 Å². The second-order valence-corrected chi connectivity index (χ2v) is 4.93. The largest absolute Gasteiger partial charge is 0.307 e. The Balaban J connectivity index is 2.72. The molecule has 1 nitrogen and oxygen atoms in total. The molecule has 0 aromatic heterocycles. The van der Waals surface area contributed by atoms with Gasteiger partial charge < -0.3 is 5.32 Å². The Labute approximate surface area is 95.9 Å². The quantitative estimate of drug-likeness (QED) is 0.831. The molecule has 1 N–H and O–H groups in total. The van der Waals surface area contributed by atoms with Gasteiger partial charge in [-0.25, -0.2) is 8.78 Å². The van der Waals surface area contributed by atoms with Crippen LogP contribution < -0.4 is 5.32 Å². The monoisotopic (exact) mass is 227 g/mol. The van der Waals surface area contributed by atoms with Crippen LogP contribution in [-0.4, -0.2) is 13.0 Å². The summed E-state index contributed by atoms with van der Waals surface area (Å²) in [7, 11) is 0. The van der Waals surface area contributed by atoms with E-state index >= 15 is 0 Å². The minimum absolute atomic E-state index is 0.0447. The Hall–Kier alpha value is -0.960. The van der Waals surface area contributed by atoms with E-state index in [0.29, 0.717) is 6.54 Å². The van der Waals surface area contributed by atoms with Gasteiger partial charge in [0.05, 0.1) is 6.54 Å². The highest BCUT2D eigenvalue weighted by atomic mass is 19.3. The van der Waals surface area contributed by atoms with Crippen molar-refractivity contribution in [3.05, 3.63) is 35.4 Å². The molecule has 0 aliphatic rings. The molecule has 3 heteroatoms. The molecule has 0 unspecified atom stereocenters. The summed E-state index contributed by atoms with van der Waals surface area (Å²) in [6, 6.07) is 7.96. The lowest BCUT2D eigenvalue weighted by molar-refractivity contribution is 0.145. The van der Waals surface area contributed by atoms with E-state index in [2.05, 4.69) is 32.2 Å². The number of rotatable bonds is 4. The molecule has 16 heavy (non-hydrogen) atoms.